The van der Waals surface area contributed by atoms with Crippen LogP contribution in [0.25, 0.3) is 6.08 Å². The van der Waals surface area contributed by atoms with Crippen molar-refractivity contribution in [1.82, 2.24) is 0 Å². The summed E-state index contributed by atoms with van der Waals surface area (Å²) in [7, 11) is 0. The molecule has 1 aliphatic carbocycles. The second kappa shape index (κ2) is 11.2. The smallest absolute Gasteiger partial charge is 0.330 e. The van der Waals surface area contributed by atoms with Crippen LogP contribution in [0.2, 0.25) is 0 Å². The van der Waals surface area contributed by atoms with Crippen molar-refractivity contribution in [1.29, 1.82) is 0 Å². The predicted molar refractivity (Wildman–Crippen MR) is 127 cm³/mol. The summed E-state index contributed by atoms with van der Waals surface area (Å²) < 4.78 is 10.7. The molecule has 0 aromatic heterocycles. The number of nitrogen functional groups attached to an aromatic ring is 2. The highest BCUT2D eigenvalue weighted by molar-refractivity contribution is 5.87. The van der Waals surface area contributed by atoms with Crippen LogP contribution in [0, 0.1) is 11.8 Å². The van der Waals surface area contributed by atoms with Gasteiger partial charge in [-0.2, -0.15) is 0 Å². The average molecular weight is 435 g/mol. The number of nitrogens with two attached hydrogens (primary N) is 2. The third-order valence-corrected chi connectivity index (χ3v) is 5.62. The molecule has 3 rings (SSSR count). The number of rotatable bonds is 8. The van der Waals surface area contributed by atoms with Crippen LogP contribution >= 0.6 is 0 Å². The molecule has 0 atom stereocenters. The van der Waals surface area contributed by atoms with E-state index >= 15 is 0 Å². The minimum atomic E-state index is -0.437. The van der Waals surface area contributed by atoms with E-state index in [9.17, 15) is 9.59 Å². The van der Waals surface area contributed by atoms with Crippen molar-refractivity contribution in [3.63, 3.8) is 0 Å². The Bertz CT molecular complexity index is 954. The Labute approximate surface area is 188 Å². The molecule has 0 unspecified atom stereocenters. The number of benzene rings is 2. The Balaban J connectivity index is 1.42. The summed E-state index contributed by atoms with van der Waals surface area (Å²) in [5.74, 6) is 0.341. The summed E-state index contributed by atoms with van der Waals surface area (Å²) >= 11 is 0. The molecule has 6 nitrogen and oxygen atoms in total. The van der Waals surface area contributed by atoms with E-state index < -0.39 is 5.97 Å². The standard InChI is InChI=1S/C26H30N2O4/c1-2-18-3-8-21(9-4-18)26(30)32-24-10-5-19(6-11-24)7-12-25(29)31-14-13-20-15-22(27)17-23(28)16-20/h2,5-7,10-12,15-18,21H,1,3-4,8-9,13-14,27-28H2/b12-7+. The van der Waals surface area contributed by atoms with Gasteiger partial charge in [0.15, 0.2) is 0 Å². The molecule has 1 aliphatic rings. The summed E-state index contributed by atoms with van der Waals surface area (Å²) in [6.07, 6.45) is 9.17. The number of hydrogen-bond donors (Lipinski definition) is 2. The molecule has 0 radical (unpaired) electrons. The van der Waals surface area contributed by atoms with E-state index in [-0.39, 0.29) is 18.5 Å². The molecule has 1 fully saturated rings. The Morgan fingerprint density at radius 3 is 2.28 bits per heavy atom. The van der Waals surface area contributed by atoms with Gasteiger partial charge >= 0.3 is 11.9 Å². The van der Waals surface area contributed by atoms with E-state index in [1.165, 1.54) is 6.08 Å². The minimum absolute atomic E-state index is 0.0516. The first kappa shape index (κ1) is 23.1. The first-order valence-electron chi connectivity index (χ1n) is 10.9. The normalized spacial score (nSPS) is 18.2. The van der Waals surface area contributed by atoms with Gasteiger partial charge in [-0.25, -0.2) is 4.79 Å². The number of carbonyl (C=O) groups is 2. The van der Waals surface area contributed by atoms with Crippen LogP contribution in [-0.4, -0.2) is 18.5 Å². The Morgan fingerprint density at radius 1 is 1.00 bits per heavy atom. The molecular weight excluding hydrogens is 404 g/mol. The number of esters is 2. The minimum Gasteiger partial charge on any atom is -0.462 e. The van der Waals surface area contributed by atoms with Gasteiger partial charge in [0, 0.05) is 23.9 Å². The lowest BCUT2D eigenvalue weighted by Crippen LogP contribution is -2.25. The molecule has 168 valence electrons. The maximum atomic E-state index is 12.4. The highest BCUT2D eigenvalue weighted by atomic mass is 16.5. The monoisotopic (exact) mass is 434 g/mol. The van der Waals surface area contributed by atoms with E-state index in [1.54, 1.807) is 48.5 Å². The number of anilines is 2. The Kier molecular flexibility index (Phi) is 8.08. The zero-order chi connectivity index (χ0) is 22.9. The van der Waals surface area contributed by atoms with Gasteiger partial charge in [0.25, 0.3) is 0 Å². The summed E-state index contributed by atoms with van der Waals surface area (Å²) in [5.41, 5.74) is 14.4. The van der Waals surface area contributed by atoms with Crippen molar-refractivity contribution < 1.29 is 19.1 Å². The lowest BCUT2D eigenvalue weighted by Gasteiger charge is -2.24. The van der Waals surface area contributed by atoms with Crippen molar-refractivity contribution in [3.05, 3.63) is 72.3 Å². The summed E-state index contributed by atoms with van der Waals surface area (Å²) in [6.45, 7) is 4.06. The van der Waals surface area contributed by atoms with Gasteiger partial charge in [0.2, 0.25) is 0 Å². The van der Waals surface area contributed by atoms with Crippen LogP contribution < -0.4 is 16.2 Å². The van der Waals surface area contributed by atoms with E-state index in [1.807, 2.05) is 6.08 Å². The van der Waals surface area contributed by atoms with Crippen LogP contribution in [-0.2, 0) is 20.7 Å². The van der Waals surface area contributed by atoms with Crippen molar-refractivity contribution in [3.8, 4) is 5.75 Å². The first-order valence-corrected chi connectivity index (χ1v) is 10.9. The second-order valence-electron chi connectivity index (χ2n) is 8.10. The molecule has 0 amide bonds. The highest BCUT2D eigenvalue weighted by Crippen LogP contribution is 2.30. The van der Waals surface area contributed by atoms with Gasteiger partial charge in [-0.15, -0.1) is 6.58 Å². The summed E-state index contributed by atoms with van der Waals surface area (Å²) in [5, 5.41) is 0. The molecule has 0 aliphatic heterocycles. The molecule has 6 heteroatoms. The molecule has 0 heterocycles. The highest BCUT2D eigenvalue weighted by Gasteiger charge is 2.26. The summed E-state index contributed by atoms with van der Waals surface area (Å²) in [6, 6.07) is 12.3. The van der Waals surface area contributed by atoms with Crippen molar-refractivity contribution in [2.75, 3.05) is 18.1 Å². The number of hydrogen-bond acceptors (Lipinski definition) is 6. The Morgan fingerprint density at radius 2 is 1.66 bits per heavy atom. The first-order chi connectivity index (χ1) is 15.4. The number of allylic oxidation sites excluding steroid dienone is 1. The van der Waals surface area contributed by atoms with Gasteiger partial charge in [-0.3, -0.25) is 4.79 Å². The van der Waals surface area contributed by atoms with Gasteiger partial charge in [0.05, 0.1) is 12.5 Å². The molecule has 2 aromatic carbocycles. The van der Waals surface area contributed by atoms with Crippen molar-refractivity contribution >= 4 is 29.4 Å². The molecule has 1 saturated carbocycles. The van der Waals surface area contributed by atoms with Crippen LogP contribution in [0.3, 0.4) is 0 Å². The molecule has 0 spiro atoms. The zero-order valence-electron chi connectivity index (χ0n) is 18.2. The predicted octanol–water partition coefficient (Wildman–Crippen LogP) is 4.55. The van der Waals surface area contributed by atoms with Gasteiger partial charge in [-0.05, 0) is 79.1 Å². The molecule has 4 N–H and O–H groups in total. The third-order valence-electron chi connectivity index (χ3n) is 5.62. The van der Waals surface area contributed by atoms with Crippen molar-refractivity contribution in [2.24, 2.45) is 11.8 Å². The second-order valence-corrected chi connectivity index (χ2v) is 8.10. The molecule has 32 heavy (non-hydrogen) atoms. The molecular formula is C26H30N2O4. The lowest BCUT2D eigenvalue weighted by atomic mass is 9.82. The fraction of sp³-hybridized carbons (Fsp3) is 0.308. The number of ether oxygens (including phenoxy) is 2. The van der Waals surface area contributed by atoms with Crippen LogP contribution in [0.5, 0.6) is 5.75 Å². The molecule has 0 saturated heterocycles. The van der Waals surface area contributed by atoms with E-state index in [2.05, 4.69) is 6.58 Å². The largest absolute Gasteiger partial charge is 0.462 e. The SMILES string of the molecule is C=CC1CCC(C(=O)Oc2ccc(/C=C/C(=O)OCCc3cc(N)cc(N)c3)cc2)CC1. The maximum absolute atomic E-state index is 12.4. The van der Waals surface area contributed by atoms with Crippen LogP contribution in [0.1, 0.15) is 36.8 Å². The lowest BCUT2D eigenvalue weighted by molar-refractivity contribution is -0.140. The van der Waals surface area contributed by atoms with E-state index in [4.69, 9.17) is 20.9 Å². The number of carbonyl (C=O) groups excluding carboxylic acids is 2. The van der Waals surface area contributed by atoms with Gasteiger partial charge in [-0.1, -0.05) is 18.2 Å². The topological polar surface area (TPSA) is 105 Å². The quantitative estimate of drug-likeness (QED) is 0.208. The molecule has 2 aromatic rings. The molecule has 0 bridgehead atoms. The average Bonchev–Trinajstić information content (AvgIpc) is 2.78. The van der Waals surface area contributed by atoms with E-state index in [0.29, 0.717) is 29.5 Å². The summed E-state index contributed by atoms with van der Waals surface area (Å²) in [4.78, 5) is 24.3. The van der Waals surface area contributed by atoms with E-state index in [0.717, 1.165) is 36.8 Å². The Hall–Kier alpha value is -3.54. The van der Waals surface area contributed by atoms with Crippen LogP contribution in [0.4, 0.5) is 11.4 Å². The third kappa shape index (κ3) is 7.01. The fourth-order valence-corrected chi connectivity index (χ4v) is 3.81. The van der Waals surface area contributed by atoms with Crippen LogP contribution in [0.15, 0.2) is 61.2 Å². The zero-order valence-corrected chi connectivity index (χ0v) is 18.2. The van der Waals surface area contributed by atoms with Gasteiger partial charge in [0.1, 0.15) is 5.75 Å². The van der Waals surface area contributed by atoms with Gasteiger partial charge < -0.3 is 20.9 Å². The fourth-order valence-electron chi connectivity index (χ4n) is 3.81. The van der Waals surface area contributed by atoms with Crippen molar-refractivity contribution in [2.45, 2.75) is 32.1 Å². The maximum Gasteiger partial charge on any atom is 0.330 e.